The molecule has 0 aromatic heterocycles. The molecule has 0 amide bonds. The fourth-order valence-electron chi connectivity index (χ4n) is 6.69. The van der Waals surface area contributed by atoms with Crippen molar-refractivity contribution in [2.75, 3.05) is 20.3 Å². The highest BCUT2D eigenvalue weighted by atomic mass is 16.5. The summed E-state index contributed by atoms with van der Waals surface area (Å²) in [4.78, 5) is 11.7. The van der Waals surface area contributed by atoms with Crippen LogP contribution in [-0.4, -0.2) is 26.3 Å². The van der Waals surface area contributed by atoms with Crippen LogP contribution in [0.2, 0.25) is 0 Å². The highest BCUT2D eigenvalue weighted by Gasteiger charge is 2.31. The Labute approximate surface area is 221 Å². The smallest absolute Gasteiger partial charge is 0.333 e. The Morgan fingerprint density at radius 3 is 2.22 bits per heavy atom. The lowest BCUT2D eigenvalue weighted by Crippen LogP contribution is -2.25. The first kappa shape index (κ1) is 29.0. The number of ether oxygens (including phenoxy) is 2. The predicted octanol–water partition coefficient (Wildman–Crippen LogP) is 8.59. The molecule has 0 spiro atoms. The normalized spacial score (nSPS) is 24.4. The molecule has 0 saturated heterocycles. The Kier molecular flexibility index (Phi) is 12.5. The van der Waals surface area contributed by atoms with Gasteiger partial charge in [-0.1, -0.05) is 70.2 Å². The number of esters is 1. The Balaban J connectivity index is 1.50. The topological polar surface area (TPSA) is 35.5 Å². The minimum atomic E-state index is -0.287. The molecule has 2 aliphatic carbocycles. The quantitative estimate of drug-likeness (QED) is 0.147. The molecule has 3 nitrogen and oxygen atoms in total. The number of unbranched alkanes of at least 4 members (excludes halogenated alkanes) is 2. The first-order chi connectivity index (χ1) is 17.5. The molecule has 2 saturated carbocycles. The van der Waals surface area contributed by atoms with Crippen molar-refractivity contribution in [2.45, 2.75) is 116 Å². The molecule has 0 aliphatic heterocycles. The molecule has 0 heterocycles. The highest BCUT2D eigenvalue weighted by Crippen LogP contribution is 2.44. The third kappa shape index (κ3) is 9.05. The minimum Gasteiger partial charge on any atom is -0.462 e. The van der Waals surface area contributed by atoms with Crippen LogP contribution in [0.4, 0.5) is 0 Å². The maximum atomic E-state index is 11.7. The van der Waals surface area contributed by atoms with Gasteiger partial charge in [-0.15, -0.1) is 0 Å². The third-order valence-electron chi connectivity index (χ3n) is 9.00. The molecule has 202 valence electrons. The number of methoxy groups -OCH3 is 1. The third-order valence-corrected chi connectivity index (χ3v) is 9.00. The fourth-order valence-corrected chi connectivity index (χ4v) is 6.69. The average Bonchev–Trinajstić information content (AvgIpc) is 2.90. The number of benzene rings is 1. The molecule has 36 heavy (non-hydrogen) atoms. The second-order valence-electron chi connectivity index (χ2n) is 11.7. The molecule has 0 bridgehead atoms. The number of hydrogen-bond donors (Lipinski definition) is 0. The second-order valence-corrected chi connectivity index (χ2v) is 11.7. The number of carbonyl (C=O) groups is 1. The summed E-state index contributed by atoms with van der Waals surface area (Å²) in [6.07, 6.45) is 19.9. The maximum absolute atomic E-state index is 11.7. The summed E-state index contributed by atoms with van der Waals surface area (Å²) in [5.74, 6) is 3.38. The van der Waals surface area contributed by atoms with E-state index in [9.17, 15) is 4.79 Å². The fraction of sp³-hybridized carbons (Fsp3) is 0.727. The standard InChI is InChI=1S/C33H52O3/c1-5-6-7-9-26-11-13-27(14-12-26)28-15-17-29(18-16-28)32-20-19-30(21-23-35-4)31(24-32)10-8-22-36-33(34)25(2)3/h19-20,24,26-29H,2,5-18,21-23H2,1,3-4H3. The van der Waals surface area contributed by atoms with Gasteiger partial charge >= 0.3 is 5.97 Å². The molecule has 2 aliphatic rings. The van der Waals surface area contributed by atoms with Gasteiger partial charge < -0.3 is 9.47 Å². The summed E-state index contributed by atoms with van der Waals surface area (Å²) >= 11 is 0. The summed E-state index contributed by atoms with van der Waals surface area (Å²) in [7, 11) is 1.77. The Morgan fingerprint density at radius 1 is 0.889 bits per heavy atom. The summed E-state index contributed by atoms with van der Waals surface area (Å²) in [5, 5.41) is 0. The Hall–Kier alpha value is -1.61. The van der Waals surface area contributed by atoms with Crippen molar-refractivity contribution < 1.29 is 14.3 Å². The van der Waals surface area contributed by atoms with E-state index < -0.39 is 0 Å². The molecule has 0 radical (unpaired) electrons. The lowest BCUT2D eigenvalue weighted by molar-refractivity contribution is -0.139. The van der Waals surface area contributed by atoms with Gasteiger partial charge in [0.1, 0.15) is 0 Å². The first-order valence-electron chi connectivity index (χ1n) is 14.9. The van der Waals surface area contributed by atoms with Gasteiger partial charge in [0.25, 0.3) is 0 Å². The summed E-state index contributed by atoms with van der Waals surface area (Å²) in [5.41, 5.74) is 4.76. The molecule has 1 aromatic carbocycles. The van der Waals surface area contributed by atoms with Crippen LogP contribution in [0.25, 0.3) is 0 Å². The summed E-state index contributed by atoms with van der Waals surface area (Å²) in [6.45, 7) is 8.87. The summed E-state index contributed by atoms with van der Waals surface area (Å²) in [6, 6.07) is 7.16. The first-order valence-corrected chi connectivity index (χ1v) is 14.9. The van der Waals surface area contributed by atoms with E-state index in [-0.39, 0.29) is 5.97 Å². The van der Waals surface area contributed by atoms with Crippen molar-refractivity contribution in [3.05, 3.63) is 47.0 Å². The maximum Gasteiger partial charge on any atom is 0.333 e. The predicted molar refractivity (Wildman–Crippen MR) is 150 cm³/mol. The number of carbonyl (C=O) groups excluding carboxylic acids is 1. The van der Waals surface area contributed by atoms with Gasteiger partial charge in [-0.05, 0) is 105 Å². The van der Waals surface area contributed by atoms with Crippen LogP contribution in [0.1, 0.15) is 120 Å². The van der Waals surface area contributed by atoms with Gasteiger partial charge in [-0.3, -0.25) is 0 Å². The van der Waals surface area contributed by atoms with Crippen LogP contribution in [0.5, 0.6) is 0 Å². The van der Waals surface area contributed by atoms with Gasteiger partial charge in [0.2, 0.25) is 0 Å². The Morgan fingerprint density at radius 2 is 1.58 bits per heavy atom. The zero-order valence-electron chi connectivity index (χ0n) is 23.5. The molecular weight excluding hydrogens is 444 g/mol. The van der Waals surface area contributed by atoms with Gasteiger partial charge in [-0.25, -0.2) is 4.79 Å². The van der Waals surface area contributed by atoms with Crippen LogP contribution < -0.4 is 0 Å². The number of aryl methyl sites for hydroxylation is 1. The van der Waals surface area contributed by atoms with Gasteiger partial charge in [0.05, 0.1) is 13.2 Å². The zero-order valence-corrected chi connectivity index (χ0v) is 23.5. The van der Waals surface area contributed by atoms with Crippen molar-refractivity contribution in [1.82, 2.24) is 0 Å². The van der Waals surface area contributed by atoms with Gasteiger partial charge in [-0.2, -0.15) is 0 Å². The minimum absolute atomic E-state index is 0.287. The van der Waals surface area contributed by atoms with Crippen molar-refractivity contribution in [2.24, 2.45) is 17.8 Å². The molecule has 0 N–H and O–H groups in total. The lowest BCUT2D eigenvalue weighted by Gasteiger charge is -2.38. The Bertz CT molecular complexity index is 797. The molecule has 3 rings (SSSR count). The second kappa shape index (κ2) is 15.6. The van der Waals surface area contributed by atoms with Crippen LogP contribution in [0.15, 0.2) is 30.4 Å². The molecular formula is C33H52O3. The van der Waals surface area contributed by atoms with Crippen LogP contribution >= 0.6 is 0 Å². The largest absolute Gasteiger partial charge is 0.462 e. The van der Waals surface area contributed by atoms with E-state index in [1.165, 1.54) is 93.7 Å². The van der Waals surface area contributed by atoms with E-state index in [2.05, 4.69) is 31.7 Å². The van der Waals surface area contributed by atoms with Crippen LogP contribution in [0, 0.1) is 17.8 Å². The van der Waals surface area contributed by atoms with Gasteiger partial charge in [0.15, 0.2) is 0 Å². The van der Waals surface area contributed by atoms with E-state index in [1.54, 1.807) is 14.0 Å². The van der Waals surface area contributed by atoms with Crippen molar-refractivity contribution in [1.29, 1.82) is 0 Å². The monoisotopic (exact) mass is 496 g/mol. The van der Waals surface area contributed by atoms with E-state index in [4.69, 9.17) is 9.47 Å². The average molecular weight is 497 g/mol. The van der Waals surface area contributed by atoms with E-state index in [0.717, 1.165) is 43.6 Å². The zero-order chi connectivity index (χ0) is 25.8. The van der Waals surface area contributed by atoms with Gasteiger partial charge in [0, 0.05) is 12.7 Å². The number of hydrogen-bond acceptors (Lipinski definition) is 3. The molecule has 1 aromatic rings. The molecule has 2 fully saturated rings. The van der Waals surface area contributed by atoms with Crippen molar-refractivity contribution in [3.63, 3.8) is 0 Å². The lowest BCUT2D eigenvalue weighted by atomic mass is 9.68. The van der Waals surface area contributed by atoms with Crippen molar-refractivity contribution >= 4 is 5.97 Å². The molecule has 3 heteroatoms. The van der Waals surface area contributed by atoms with E-state index >= 15 is 0 Å². The molecule has 0 atom stereocenters. The van der Waals surface area contributed by atoms with Crippen molar-refractivity contribution in [3.8, 4) is 0 Å². The summed E-state index contributed by atoms with van der Waals surface area (Å²) < 4.78 is 10.7. The van der Waals surface area contributed by atoms with E-state index in [1.807, 2.05) is 0 Å². The highest BCUT2D eigenvalue weighted by molar-refractivity contribution is 5.86. The van der Waals surface area contributed by atoms with E-state index in [0.29, 0.717) is 18.1 Å². The SMILES string of the molecule is C=C(C)C(=O)OCCCc1cc(C2CCC(C3CCC(CCCCC)CC3)CC2)ccc1CCOC. The molecule has 0 unspecified atom stereocenters. The number of rotatable bonds is 14. The van der Waals surface area contributed by atoms with Crippen LogP contribution in [0.3, 0.4) is 0 Å². The van der Waals surface area contributed by atoms with Crippen LogP contribution in [-0.2, 0) is 27.1 Å².